The van der Waals surface area contributed by atoms with E-state index >= 15 is 0 Å². The summed E-state index contributed by atoms with van der Waals surface area (Å²) < 4.78 is 37.6. The number of thiazole rings is 1. The Hall–Kier alpha value is -1.88. The van der Waals surface area contributed by atoms with Gasteiger partial charge in [-0.05, 0) is 0 Å². The van der Waals surface area contributed by atoms with Crippen LogP contribution in [0.3, 0.4) is 0 Å². The number of carbonyl (C=O) groups excluding carboxylic acids is 1. The first-order valence-corrected chi connectivity index (χ1v) is 9.11. The maximum Gasteiger partial charge on any atom is 0.434 e. The summed E-state index contributed by atoms with van der Waals surface area (Å²) in [5.41, 5.74) is -0.869. The van der Waals surface area contributed by atoms with Crippen molar-refractivity contribution >= 4 is 23.2 Å². The molecule has 1 aliphatic rings. The van der Waals surface area contributed by atoms with Gasteiger partial charge in [0.1, 0.15) is 5.01 Å². The van der Waals surface area contributed by atoms with Crippen LogP contribution in [-0.2, 0) is 17.5 Å². The third kappa shape index (κ3) is 6.13. The molecule has 0 atom stereocenters. The van der Waals surface area contributed by atoms with E-state index in [9.17, 15) is 18.0 Å². The van der Waals surface area contributed by atoms with E-state index in [2.05, 4.69) is 25.5 Å². The normalized spacial score (nSPS) is 16.7. The number of hydrogen-bond acceptors (Lipinski definition) is 5. The molecule has 2 rings (SSSR count). The molecule has 11 heteroatoms. The van der Waals surface area contributed by atoms with Gasteiger partial charge in [-0.1, -0.05) is 0 Å². The Kier molecular flexibility index (Phi) is 7.21. The highest BCUT2D eigenvalue weighted by Crippen LogP contribution is 2.29. The highest BCUT2D eigenvalue weighted by atomic mass is 32.1. The van der Waals surface area contributed by atoms with Crippen molar-refractivity contribution in [3.63, 3.8) is 0 Å². The average molecular weight is 392 g/mol. The summed E-state index contributed by atoms with van der Waals surface area (Å²) >= 11 is 0.961. The summed E-state index contributed by atoms with van der Waals surface area (Å²) in [6.45, 7) is 6.30. The zero-order valence-corrected chi connectivity index (χ0v) is 15.6. The molecule has 1 aliphatic heterocycles. The number of piperazine rings is 1. The van der Waals surface area contributed by atoms with Crippen molar-refractivity contribution in [1.29, 1.82) is 0 Å². The Bertz CT molecular complexity index is 625. The quantitative estimate of drug-likeness (QED) is 0.578. The molecule has 0 saturated carbocycles. The van der Waals surface area contributed by atoms with Gasteiger partial charge in [0, 0.05) is 58.6 Å². The van der Waals surface area contributed by atoms with E-state index in [1.54, 1.807) is 14.0 Å². The zero-order valence-electron chi connectivity index (χ0n) is 14.8. The van der Waals surface area contributed by atoms with Crippen LogP contribution in [0.1, 0.15) is 17.6 Å². The molecule has 0 unspecified atom stereocenters. The lowest BCUT2D eigenvalue weighted by molar-refractivity contribution is -0.140. The van der Waals surface area contributed by atoms with E-state index in [-0.39, 0.29) is 12.5 Å². The summed E-state index contributed by atoms with van der Waals surface area (Å²) in [6.07, 6.45) is -4.42. The number of amides is 1. The van der Waals surface area contributed by atoms with Crippen molar-refractivity contribution in [1.82, 2.24) is 25.4 Å². The fraction of sp³-hybridized carbons (Fsp3) is 0.667. The Morgan fingerprint density at radius 1 is 1.31 bits per heavy atom. The van der Waals surface area contributed by atoms with Gasteiger partial charge in [-0.3, -0.25) is 14.7 Å². The maximum atomic E-state index is 12.5. The Morgan fingerprint density at radius 2 is 2.00 bits per heavy atom. The van der Waals surface area contributed by atoms with Crippen LogP contribution in [-0.4, -0.2) is 73.0 Å². The van der Waals surface area contributed by atoms with Crippen molar-refractivity contribution in [3.05, 3.63) is 16.1 Å². The number of halogens is 3. The van der Waals surface area contributed by atoms with E-state index in [4.69, 9.17) is 0 Å². The first kappa shape index (κ1) is 20.4. The highest BCUT2D eigenvalue weighted by molar-refractivity contribution is 7.09. The van der Waals surface area contributed by atoms with E-state index in [1.807, 2.05) is 4.90 Å². The Balaban J connectivity index is 1.68. The van der Waals surface area contributed by atoms with Gasteiger partial charge in [0.2, 0.25) is 5.91 Å². The standard InChI is InChI=1S/C15H23F3N6OS/c1-11(25)24-7-5-23(6-8-24)4-3-20-14(19-2)21-9-13-22-12(10-26-13)15(16,17)18/h10H,3-9H2,1-2H3,(H2,19,20,21). The van der Waals surface area contributed by atoms with Gasteiger partial charge in [-0.2, -0.15) is 13.2 Å². The smallest absolute Gasteiger partial charge is 0.355 e. The topological polar surface area (TPSA) is 72.9 Å². The second kappa shape index (κ2) is 9.17. The number of alkyl halides is 3. The SMILES string of the molecule is CN=C(NCCN1CCN(C(C)=O)CC1)NCc1nc(C(F)(F)F)cs1. The van der Waals surface area contributed by atoms with E-state index in [0.29, 0.717) is 17.5 Å². The van der Waals surface area contributed by atoms with Gasteiger partial charge >= 0.3 is 6.18 Å². The van der Waals surface area contributed by atoms with Crippen LogP contribution in [0.2, 0.25) is 0 Å². The number of nitrogens with one attached hydrogen (secondary N) is 2. The van der Waals surface area contributed by atoms with Crippen LogP contribution in [0.5, 0.6) is 0 Å². The monoisotopic (exact) mass is 392 g/mol. The lowest BCUT2D eigenvalue weighted by Crippen LogP contribution is -2.50. The molecule has 2 heterocycles. The number of rotatable bonds is 5. The predicted octanol–water partition coefficient (Wildman–Crippen LogP) is 0.991. The first-order valence-electron chi connectivity index (χ1n) is 8.23. The zero-order chi connectivity index (χ0) is 19.2. The van der Waals surface area contributed by atoms with Crippen molar-refractivity contribution in [2.24, 2.45) is 4.99 Å². The molecule has 7 nitrogen and oxygen atoms in total. The Labute approximate surface area is 154 Å². The molecule has 1 fully saturated rings. The van der Waals surface area contributed by atoms with Crippen LogP contribution >= 0.6 is 11.3 Å². The van der Waals surface area contributed by atoms with Crippen molar-refractivity contribution in [3.8, 4) is 0 Å². The molecule has 0 aliphatic carbocycles. The first-order chi connectivity index (χ1) is 12.3. The van der Waals surface area contributed by atoms with E-state index < -0.39 is 11.9 Å². The van der Waals surface area contributed by atoms with Crippen LogP contribution in [0.15, 0.2) is 10.4 Å². The summed E-state index contributed by atoms with van der Waals surface area (Å²) in [5, 5.41) is 7.44. The lowest BCUT2D eigenvalue weighted by atomic mass is 10.3. The molecule has 1 aromatic rings. The second-order valence-corrected chi connectivity index (χ2v) is 6.77. The molecule has 1 amide bonds. The van der Waals surface area contributed by atoms with Crippen molar-refractivity contribution in [2.45, 2.75) is 19.6 Å². The van der Waals surface area contributed by atoms with Crippen LogP contribution < -0.4 is 10.6 Å². The number of carbonyl (C=O) groups is 1. The van der Waals surface area contributed by atoms with Crippen molar-refractivity contribution in [2.75, 3.05) is 46.3 Å². The van der Waals surface area contributed by atoms with Crippen LogP contribution in [0.4, 0.5) is 13.2 Å². The largest absolute Gasteiger partial charge is 0.434 e. The third-order valence-corrected chi connectivity index (χ3v) is 4.86. The van der Waals surface area contributed by atoms with E-state index in [1.165, 1.54) is 0 Å². The maximum absolute atomic E-state index is 12.5. The van der Waals surface area contributed by atoms with Gasteiger partial charge < -0.3 is 15.5 Å². The number of aliphatic imine (C=N–C) groups is 1. The van der Waals surface area contributed by atoms with Gasteiger partial charge in [0.05, 0.1) is 6.54 Å². The molecular formula is C15H23F3N6OS. The van der Waals surface area contributed by atoms with Gasteiger partial charge in [-0.15, -0.1) is 11.3 Å². The molecule has 1 aromatic heterocycles. The second-order valence-electron chi connectivity index (χ2n) is 5.82. The molecule has 0 spiro atoms. The van der Waals surface area contributed by atoms with Gasteiger partial charge in [0.15, 0.2) is 11.7 Å². The molecule has 0 radical (unpaired) electrons. The minimum atomic E-state index is -4.42. The van der Waals surface area contributed by atoms with Crippen LogP contribution in [0.25, 0.3) is 0 Å². The molecule has 146 valence electrons. The van der Waals surface area contributed by atoms with Gasteiger partial charge in [-0.25, -0.2) is 4.98 Å². The summed E-state index contributed by atoms with van der Waals surface area (Å²) in [6, 6.07) is 0. The average Bonchev–Trinajstić information content (AvgIpc) is 3.07. The van der Waals surface area contributed by atoms with Gasteiger partial charge in [0.25, 0.3) is 0 Å². The number of nitrogens with zero attached hydrogens (tertiary/aromatic N) is 4. The molecule has 1 saturated heterocycles. The summed E-state index contributed by atoms with van der Waals surface area (Å²) in [4.78, 5) is 23.0. The fourth-order valence-electron chi connectivity index (χ4n) is 2.52. The Morgan fingerprint density at radius 3 is 2.54 bits per heavy atom. The highest BCUT2D eigenvalue weighted by Gasteiger charge is 2.33. The molecule has 2 N–H and O–H groups in total. The molecule has 0 aromatic carbocycles. The molecule has 26 heavy (non-hydrogen) atoms. The minimum Gasteiger partial charge on any atom is -0.355 e. The predicted molar refractivity (Wildman–Crippen MR) is 94.0 cm³/mol. The van der Waals surface area contributed by atoms with E-state index in [0.717, 1.165) is 49.4 Å². The third-order valence-electron chi connectivity index (χ3n) is 4.01. The number of aromatic nitrogens is 1. The van der Waals surface area contributed by atoms with Crippen LogP contribution in [0, 0.1) is 0 Å². The molecule has 0 bridgehead atoms. The fourth-order valence-corrected chi connectivity index (χ4v) is 3.26. The minimum absolute atomic E-state index is 0.100. The summed E-state index contributed by atoms with van der Waals surface area (Å²) in [7, 11) is 1.60. The number of hydrogen-bond donors (Lipinski definition) is 2. The van der Waals surface area contributed by atoms with Crippen molar-refractivity contribution < 1.29 is 18.0 Å². The number of guanidine groups is 1. The summed E-state index contributed by atoms with van der Waals surface area (Å²) in [5.74, 6) is 0.611. The molecular weight excluding hydrogens is 369 g/mol. The lowest BCUT2D eigenvalue weighted by Gasteiger charge is -2.34.